The van der Waals surface area contributed by atoms with Crippen molar-refractivity contribution >= 4 is 23.1 Å². The summed E-state index contributed by atoms with van der Waals surface area (Å²) in [5.74, 6) is -0.528. The minimum absolute atomic E-state index is 0.175. The van der Waals surface area contributed by atoms with Crippen LogP contribution in [0.4, 0.5) is 0 Å². The monoisotopic (exact) mass is 230 g/mol. The molecule has 17 heavy (non-hydrogen) atoms. The van der Waals surface area contributed by atoms with Crippen LogP contribution in [0, 0.1) is 0 Å². The number of esters is 1. The van der Waals surface area contributed by atoms with Gasteiger partial charge in [-0.15, -0.1) is 0 Å². The van der Waals surface area contributed by atoms with Crippen molar-refractivity contribution in [3.63, 3.8) is 0 Å². The Morgan fingerprint density at radius 1 is 1.41 bits per heavy atom. The van der Waals surface area contributed by atoms with Gasteiger partial charge in [-0.2, -0.15) is 0 Å². The highest BCUT2D eigenvalue weighted by Crippen LogP contribution is 2.06. The van der Waals surface area contributed by atoms with Gasteiger partial charge in [-0.1, -0.05) is 12.1 Å². The van der Waals surface area contributed by atoms with E-state index >= 15 is 0 Å². The lowest BCUT2D eigenvalue weighted by atomic mass is 10.3. The summed E-state index contributed by atoms with van der Waals surface area (Å²) in [6.45, 7) is 0. The first-order valence-electron chi connectivity index (χ1n) is 4.96. The fourth-order valence-electron chi connectivity index (χ4n) is 1.37. The second kappa shape index (κ2) is 4.61. The maximum absolute atomic E-state index is 11.6. The molecule has 0 atom stereocenters. The number of methoxy groups -OCH3 is 1. The Balaban J connectivity index is 2.48. The topological polar surface area (TPSA) is 72.0 Å². The molecule has 0 spiro atoms. The van der Waals surface area contributed by atoms with Crippen LogP contribution in [-0.4, -0.2) is 23.0 Å². The van der Waals surface area contributed by atoms with Gasteiger partial charge in [0.2, 0.25) is 0 Å². The van der Waals surface area contributed by atoms with E-state index in [4.69, 9.17) is 0 Å². The third kappa shape index (κ3) is 2.39. The van der Waals surface area contributed by atoms with Gasteiger partial charge in [0, 0.05) is 6.08 Å². The van der Waals surface area contributed by atoms with Crippen LogP contribution >= 0.6 is 0 Å². The van der Waals surface area contributed by atoms with Crippen LogP contribution in [0.15, 0.2) is 35.1 Å². The molecule has 1 heterocycles. The molecule has 0 amide bonds. The molecule has 0 saturated carbocycles. The maximum atomic E-state index is 11.6. The van der Waals surface area contributed by atoms with Gasteiger partial charge in [0.1, 0.15) is 5.69 Å². The van der Waals surface area contributed by atoms with Gasteiger partial charge in [0.15, 0.2) is 0 Å². The molecule has 0 saturated heterocycles. The largest absolute Gasteiger partial charge is 0.466 e. The summed E-state index contributed by atoms with van der Waals surface area (Å²) in [6.07, 6.45) is 2.49. The fourth-order valence-corrected chi connectivity index (χ4v) is 1.37. The molecular weight excluding hydrogens is 220 g/mol. The Kier molecular flexibility index (Phi) is 3.00. The molecule has 0 unspecified atom stereocenters. The summed E-state index contributed by atoms with van der Waals surface area (Å²) in [5, 5.41) is 0. The molecule has 0 aliphatic heterocycles. The summed E-state index contributed by atoms with van der Waals surface area (Å²) in [5.41, 5.74) is 1.15. The Bertz CT molecular complexity index is 643. The van der Waals surface area contributed by atoms with Crippen molar-refractivity contribution in [1.29, 1.82) is 0 Å². The minimum Gasteiger partial charge on any atom is -0.466 e. The number of ether oxygens (including phenoxy) is 1. The number of para-hydroxylation sites is 2. The molecule has 86 valence electrons. The van der Waals surface area contributed by atoms with Crippen LogP contribution in [-0.2, 0) is 9.53 Å². The van der Waals surface area contributed by atoms with E-state index in [9.17, 15) is 9.59 Å². The Morgan fingerprint density at radius 2 is 2.18 bits per heavy atom. The van der Waals surface area contributed by atoms with Crippen molar-refractivity contribution in [3.8, 4) is 0 Å². The number of hydrogen-bond acceptors (Lipinski definition) is 4. The van der Waals surface area contributed by atoms with Gasteiger partial charge in [0.25, 0.3) is 5.56 Å². The zero-order valence-corrected chi connectivity index (χ0v) is 9.14. The second-order valence-corrected chi connectivity index (χ2v) is 3.32. The van der Waals surface area contributed by atoms with E-state index < -0.39 is 5.97 Å². The molecule has 0 bridgehead atoms. The maximum Gasteiger partial charge on any atom is 0.330 e. The number of aromatic amines is 1. The summed E-state index contributed by atoms with van der Waals surface area (Å²) in [7, 11) is 1.27. The van der Waals surface area contributed by atoms with Crippen LogP contribution in [0.3, 0.4) is 0 Å². The SMILES string of the molecule is COC(=O)/C=C/c1nc2ccccc2[nH]c1=O. The Hall–Kier alpha value is -2.43. The average Bonchev–Trinajstić information content (AvgIpc) is 2.35. The standard InChI is InChI=1S/C12H10N2O3/c1-17-11(15)7-6-10-12(16)14-9-5-3-2-4-8(9)13-10/h2-7H,1H3,(H,14,16)/b7-6+. The quantitative estimate of drug-likeness (QED) is 0.619. The summed E-state index contributed by atoms with van der Waals surface area (Å²) in [6, 6.07) is 7.17. The van der Waals surface area contributed by atoms with E-state index in [1.807, 2.05) is 12.1 Å². The van der Waals surface area contributed by atoms with Crippen molar-refractivity contribution in [3.05, 3.63) is 46.4 Å². The first-order valence-corrected chi connectivity index (χ1v) is 4.96. The van der Waals surface area contributed by atoms with E-state index in [1.54, 1.807) is 12.1 Å². The normalized spacial score (nSPS) is 10.9. The number of benzene rings is 1. The lowest BCUT2D eigenvalue weighted by molar-refractivity contribution is -0.134. The third-order valence-corrected chi connectivity index (χ3v) is 2.20. The molecule has 1 aromatic heterocycles. The second-order valence-electron chi connectivity index (χ2n) is 3.32. The first-order chi connectivity index (χ1) is 8.20. The fraction of sp³-hybridized carbons (Fsp3) is 0.0833. The van der Waals surface area contributed by atoms with Crippen molar-refractivity contribution in [2.24, 2.45) is 0 Å². The lowest BCUT2D eigenvalue weighted by Gasteiger charge is -1.97. The Labute approximate surface area is 96.8 Å². The van der Waals surface area contributed by atoms with Crippen LogP contribution in [0.2, 0.25) is 0 Å². The molecule has 5 heteroatoms. The smallest absolute Gasteiger partial charge is 0.330 e. The molecule has 0 aliphatic carbocycles. The summed E-state index contributed by atoms with van der Waals surface area (Å²) in [4.78, 5) is 29.3. The number of hydrogen-bond donors (Lipinski definition) is 1. The van der Waals surface area contributed by atoms with Crippen LogP contribution < -0.4 is 5.56 Å². The molecule has 2 rings (SSSR count). The molecule has 2 aromatic rings. The highest BCUT2D eigenvalue weighted by molar-refractivity contribution is 5.87. The molecule has 1 aromatic carbocycles. The number of H-pyrrole nitrogens is 1. The summed E-state index contributed by atoms with van der Waals surface area (Å²) < 4.78 is 4.43. The number of nitrogens with one attached hydrogen (secondary N) is 1. The molecular formula is C12H10N2O3. The van der Waals surface area contributed by atoms with Crippen LogP contribution in [0.1, 0.15) is 5.69 Å². The zero-order valence-electron chi connectivity index (χ0n) is 9.14. The molecule has 0 aliphatic rings. The van der Waals surface area contributed by atoms with Gasteiger partial charge < -0.3 is 9.72 Å². The number of rotatable bonds is 2. The Morgan fingerprint density at radius 3 is 2.94 bits per heavy atom. The number of fused-ring (bicyclic) bond motifs is 1. The van der Waals surface area contributed by atoms with Gasteiger partial charge in [-0.3, -0.25) is 4.79 Å². The highest BCUT2D eigenvalue weighted by atomic mass is 16.5. The predicted molar refractivity (Wildman–Crippen MR) is 63.4 cm³/mol. The van der Waals surface area contributed by atoms with Gasteiger partial charge in [-0.05, 0) is 18.2 Å². The lowest BCUT2D eigenvalue weighted by Crippen LogP contribution is -2.11. The van der Waals surface area contributed by atoms with E-state index in [1.165, 1.54) is 13.2 Å². The van der Waals surface area contributed by atoms with Crippen LogP contribution in [0.25, 0.3) is 17.1 Å². The van der Waals surface area contributed by atoms with E-state index in [-0.39, 0.29) is 11.3 Å². The molecule has 0 radical (unpaired) electrons. The number of carbonyl (C=O) groups excluding carboxylic acids is 1. The molecule has 0 fully saturated rings. The average molecular weight is 230 g/mol. The van der Waals surface area contributed by atoms with Gasteiger partial charge in [-0.25, -0.2) is 9.78 Å². The summed E-state index contributed by atoms with van der Waals surface area (Å²) >= 11 is 0. The van der Waals surface area contributed by atoms with Gasteiger partial charge >= 0.3 is 5.97 Å². The minimum atomic E-state index is -0.528. The number of aromatic nitrogens is 2. The van der Waals surface area contributed by atoms with Crippen molar-refractivity contribution in [2.75, 3.05) is 7.11 Å². The third-order valence-electron chi connectivity index (χ3n) is 2.20. The van der Waals surface area contributed by atoms with E-state index in [0.29, 0.717) is 11.0 Å². The van der Waals surface area contributed by atoms with Crippen molar-refractivity contribution in [2.45, 2.75) is 0 Å². The zero-order chi connectivity index (χ0) is 12.3. The number of carbonyl (C=O) groups is 1. The highest BCUT2D eigenvalue weighted by Gasteiger charge is 2.01. The predicted octanol–water partition coefficient (Wildman–Crippen LogP) is 1.11. The first kappa shape index (κ1) is 11.1. The van der Waals surface area contributed by atoms with E-state index in [2.05, 4.69) is 14.7 Å². The van der Waals surface area contributed by atoms with Crippen molar-refractivity contribution < 1.29 is 9.53 Å². The number of nitrogens with zero attached hydrogens (tertiary/aromatic N) is 1. The van der Waals surface area contributed by atoms with Gasteiger partial charge in [0.05, 0.1) is 18.1 Å². The van der Waals surface area contributed by atoms with Crippen LogP contribution in [0.5, 0.6) is 0 Å². The van der Waals surface area contributed by atoms with E-state index in [0.717, 1.165) is 6.08 Å². The van der Waals surface area contributed by atoms with Crippen molar-refractivity contribution in [1.82, 2.24) is 9.97 Å². The molecule has 1 N–H and O–H groups in total. The molecule has 5 nitrogen and oxygen atoms in total.